The summed E-state index contributed by atoms with van der Waals surface area (Å²) in [6.07, 6.45) is 0.555. The maximum atomic E-state index is 11.4. The molecule has 0 aromatic carbocycles. The van der Waals surface area contributed by atoms with E-state index in [0.29, 0.717) is 6.54 Å². The Morgan fingerprint density at radius 2 is 2.21 bits per heavy atom. The van der Waals surface area contributed by atoms with E-state index in [4.69, 9.17) is 9.47 Å². The number of rotatable bonds is 4. The van der Waals surface area contributed by atoms with E-state index in [2.05, 4.69) is 0 Å². The van der Waals surface area contributed by atoms with Crippen molar-refractivity contribution in [3.63, 3.8) is 0 Å². The lowest BCUT2D eigenvalue weighted by Crippen LogP contribution is -2.37. The first kappa shape index (κ1) is 11.3. The monoisotopic (exact) mass is 201 g/mol. The van der Waals surface area contributed by atoms with Gasteiger partial charge < -0.3 is 9.47 Å². The van der Waals surface area contributed by atoms with E-state index in [0.717, 1.165) is 6.42 Å². The van der Waals surface area contributed by atoms with Crippen LogP contribution in [0.25, 0.3) is 0 Å². The van der Waals surface area contributed by atoms with Crippen molar-refractivity contribution >= 4 is 6.09 Å². The number of amides is 1. The van der Waals surface area contributed by atoms with E-state index in [9.17, 15) is 4.79 Å². The molecule has 14 heavy (non-hydrogen) atoms. The van der Waals surface area contributed by atoms with Crippen LogP contribution in [0.2, 0.25) is 0 Å². The molecule has 2 atom stereocenters. The molecule has 0 radical (unpaired) electrons. The molecule has 2 unspecified atom stereocenters. The Kier molecular flexibility index (Phi) is 3.75. The molecule has 0 aromatic heterocycles. The fraction of sp³-hybridized carbons (Fsp3) is 0.900. The average Bonchev–Trinajstić information content (AvgIpc) is 2.45. The van der Waals surface area contributed by atoms with Gasteiger partial charge in [0.15, 0.2) is 0 Å². The fourth-order valence-electron chi connectivity index (χ4n) is 1.52. The van der Waals surface area contributed by atoms with Crippen molar-refractivity contribution in [1.29, 1.82) is 0 Å². The van der Waals surface area contributed by atoms with Crippen LogP contribution in [0.5, 0.6) is 0 Å². The lowest BCUT2D eigenvalue weighted by atomic mass is 10.3. The molecule has 1 amide bonds. The summed E-state index contributed by atoms with van der Waals surface area (Å²) in [6.45, 7) is 8.43. The Morgan fingerprint density at radius 3 is 2.64 bits per heavy atom. The second-order valence-electron chi connectivity index (χ2n) is 3.85. The Balaban J connectivity index is 2.48. The minimum atomic E-state index is -0.259. The fourth-order valence-corrected chi connectivity index (χ4v) is 1.52. The Bertz CT molecular complexity index is 206. The molecule has 0 N–H and O–H groups in total. The number of cyclic esters (lactones) is 1. The van der Waals surface area contributed by atoms with Crippen molar-refractivity contribution in [1.82, 2.24) is 4.90 Å². The van der Waals surface area contributed by atoms with E-state index in [1.54, 1.807) is 4.90 Å². The molecule has 82 valence electrons. The molecule has 1 fully saturated rings. The normalized spacial score (nSPS) is 24.2. The Labute approximate surface area is 85.2 Å². The molecule has 1 saturated heterocycles. The van der Waals surface area contributed by atoms with Gasteiger partial charge in [-0.3, -0.25) is 4.90 Å². The third-order valence-electron chi connectivity index (χ3n) is 2.27. The minimum Gasteiger partial charge on any atom is -0.444 e. The van der Waals surface area contributed by atoms with Crippen molar-refractivity contribution < 1.29 is 14.3 Å². The van der Waals surface area contributed by atoms with Crippen LogP contribution >= 0.6 is 0 Å². The molecule has 0 aromatic rings. The number of carbonyl (C=O) groups is 1. The summed E-state index contributed by atoms with van der Waals surface area (Å²) >= 11 is 0. The van der Waals surface area contributed by atoms with E-state index in [-0.39, 0.29) is 24.5 Å². The maximum absolute atomic E-state index is 11.4. The van der Waals surface area contributed by atoms with Gasteiger partial charge in [0.2, 0.25) is 0 Å². The first-order valence-electron chi connectivity index (χ1n) is 5.17. The highest BCUT2D eigenvalue weighted by molar-refractivity contribution is 5.70. The summed E-state index contributed by atoms with van der Waals surface area (Å²) in [6, 6.07) is 0. The largest absolute Gasteiger partial charge is 0.444 e. The van der Waals surface area contributed by atoms with Gasteiger partial charge in [-0.2, -0.15) is 0 Å². The zero-order valence-electron chi connectivity index (χ0n) is 9.32. The topological polar surface area (TPSA) is 38.8 Å². The molecule has 4 heteroatoms. The standard InChI is InChI=1S/C10H19NO3/c1-5-9-6-11(10(12)14-9)8(4)13-7(2)3/h7-9H,5-6H2,1-4H3. The average molecular weight is 201 g/mol. The molecule has 1 aliphatic rings. The first-order valence-corrected chi connectivity index (χ1v) is 5.17. The second kappa shape index (κ2) is 4.64. The van der Waals surface area contributed by atoms with Gasteiger partial charge in [0, 0.05) is 0 Å². The van der Waals surface area contributed by atoms with Crippen LogP contribution in [0.4, 0.5) is 4.79 Å². The van der Waals surface area contributed by atoms with Gasteiger partial charge in [-0.1, -0.05) is 6.92 Å². The molecular weight excluding hydrogens is 182 g/mol. The predicted octanol–water partition coefficient (Wildman–Crippen LogP) is 1.99. The molecule has 0 aliphatic carbocycles. The van der Waals surface area contributed by atoms with Crippen molar-refractivity contribution in [2.24, 2.45) is 0 Å². The highest BCUT2D eigenvalue weighted by atomic mass is 16.6. The molecule has 0 saturated carbocycles. The van der Waals surface area contributed by atoms with Gasteiger partial charge in [-0.25, -0.2) is 4.79 Å². The van der Waals surface area contributed by atoms with Crippen LogP contribution < -0.4 is 0 Å². The molecule has 1 rings (SSSR count). The lowest BCUT2D eigenvalue weighted by Gasteiger charge is -2.23. The van der Waals surface area contributed by atoms with Gasteiger partial charge in [-0.15, -0.1) is 0 Å². The maximum Gasteiger partial charge on any atom is 0.412 e. The number of hydrogen-bond acceptors (Lipinski definition) is 3. The predicted molar refractivity (Wildman–Crippen MR) is 52.9 cm³/mol. The van der Waals surface area contributed by atoms with Gasteiger partial charge in [0.1, 0.15) is 12.3 Å². The smallest absolute Gasteiger partial charge is 0.412 e. The van der Waals surface area contributed by atoms with Crippen LogP contribution in [0.3, 0.4) is 0 Å². The Hall–Kier alpha value is -0.770. The highest BCUT2D eigenvalue weighted by Crippen LogP contribution is 2.17. The Morgan fingerprint density at radius 1 is 1.57 bits per heavy atom. The second-order valence-corrected chi connectivity index (χ2v) is 3.85. The summed E-state index contributed by atoms with van der Waals surface area (Å²) < 4.78 is 10.7. The zero-order valence-corrected chi connectivity index (χ0v) is 9.32. The van der Waals surface area contributed by atoms with Crippen molar-refractivity contribution in [3.8, 4) is 0 Å². The van der Waals surface area contributed by atoms with E-state index in [1.165, 1.54) is 0 Å². The summed E-state index contributed by atoms with van der Waals surface area (Å²) in [5.74, 6) is 0. The number of nitrogens with zero attached hydrogens (tertiary/aromatic N) is 1. The molecule has 0 spiro atoms. The van der Waals surface area contributed by atoms with Crippen LogP contribution in [-0.4, -0.2) is 36.0 Å². The first-order chi connectivity index (χ1) is 6.54. The summed E-state index contributed by atoms with van der Waals surface area (Å²) in [5.41, 5.74) is 0. The van der Waals surface area contributed by atoms with Crippen molar-refractivity contribution in [2.75, 3.05) is 6.54 Å². The third-order valence-corrected chi connectivity index (χ3v) is 2.27. The minimum absolute atomic E-state index is 0.0284. The van der Waals surface area contributed by atoms with E-state index < -0.39 is 0 Å². The molecular formula is C10H19NO3. The van der Waals surface area contributed by atoms with Gasteiger partial charge >= 0.3 is 6.09 Å². The number of carbonyl (C=O) groups excluding carboxylic acids is 1. The van der Waals surface area contributed by atoms with Gasteiger partial charge in [0.25, 0.3) is 0 Å². The number of ether oxygens (including phenoxy) is 2. The molecule has 0 bridgehead atoms. The highest BCUT2D eigenvalue weighted by Gasteiger charge is 2.33. The van der Waals surface area contributed by atoms with E-state index >= 15 is 0 Å². The SMILES string of the molecule is CCC1CN(C(C)OC(C)C)C(=O)O1. The third kappa shape index (κ3) is 2.61. The summed E-state index contributed by atoms with van der Waals surface area (Å²) in [4.78, 5) is 13.0. The van der Waals surface area contributed by atoms with Crippen LogP contribution in [0, 0.1) is 0 Å². The summed E-state index contributed by atoms with van der Waals surface area (Å²) in [5, 5.41) is 0. The van der Waals surface area contributed by atoms with Gasteiger partial charge in [0.05, 0.1) is 12.6 Å². The number of hydrogen-bond donors (Lipinski definition) is 0. The van der Waals surface area contributed by atoms with Crippen LogP contribution in [0.1, 0.15) is 34.1 Å². The quantitative estimate of drug-likeness (QED) is 0.698. The molecule has 1 heterocycles. The van der Waals surface area contributed by atoms with Crippen molar-refractivity contribution in [2.45, 2.75) is 52.6 Å². The van der Waals surface area contributed by atoms with Crippen molar-refractivity contribution in [3.05, 3.63) is 0 Å². The van der Waals surface area contributed by atoms with E-state index in [1.807, 2.05) is 27.7 Å². The lowest BCUT2D eigenvalue weighted by molar-refractivity contribution is -0.0526. The van der Waals surface area contributed by atoms with Crippen LogP contribution in [-0.2, 0) is 9.47 Å². The summed E-state index contributed by atoms with van der Waals surface area (Å²) in [7, 11) is 0. The van der Waals surface area contributed by atoms with Crippen LogP contribution in [0.15, 0.2) is 0 Å². The zero-order chi connectivity index (χ0) is 10.7. The van der Waals surface area contributed by atoms with Gasteiger partial charge in [-0.05, 0) is 27.2 Å². The molecule has 1 aliphatic heterocycles. The molecule has 4 nitrogen and oxygen atoms in total.